The predicted molar refractivity (Wildman–Crippen MR) is 130 cm³/mol. The van der Waals surface area contributed by atoms with E-state index in [-0.39, 0.29) is 48.9 Å². The van der Waals surface area contributed by atoms with Crippen LogP contribution in [-0.2, 0) is 27.3 Å². The SMILES string of the molecule is O=C1CC(c2ccccc2)CC(=O)C1=CN(Cc1ccccc1)C(Cc1ccccc1)C(=O)O. The second-order valence-electron chi connectivity index (χ2n) is 8.61. The van der Waals surface area contributed by atoms with Crippen molar-refractivity contribution in [3.05, 3.63) is 119 Å². The summed E-state index contributed by atoms with van der Waals surface area (Å²) in [4.78, 5) is 40.1. The van der Waals surface area contributed by atoms with E-state index in [9.17, 15) is 19.5 Å². The van der Waals surface area contributed by atoms with Gasteiger partial charge in [-0.25, -0.2) is 4.79 Å². The van der Waals surface area contributed by atoms with Gasteiger partial charge in [-0.15, -0.1) is 0 Å². The number of hydrogen-bond donors (Lipinski definition) is 1. The van der Waals surface area contributed by atoms with Gasteiger partial charge in [-0.1, -0.05) is 91.0 Å². The number of carboxylic acids is 1. The summed E-state index contributed by atoms with van der Waals surface area (Å²) in [5.74, 6) is -1.64. The van der Waals surface area contributed by atoms with Gasteiger partial charge in [0.05, 0.1) is 5.57 Å². The number of allylic oxidation sites excluding steroid dienone is 1. The monoisotopic (exact) mass is 453 g/mol. The fraction of sp³-hybridized carbons (Fsp3) is 0.207. The Kier molecular flexibility index (Phi) is 7.33. The fourth-order valence-electron chi connectivity index (χ4n) is 4.39. The van der Waals surface area contributed by atoms with E-state index in [4.69, 9.17) is 0 Å². The first-order valence-electron chi connectivity index (χ1n) is 11.4. The van der Waals surface area contributed by atoms with Gasteiger partial charge in [0.2, 0.25) is 0 Å². The average molecular weight is 454 g/mol. The van der Waals surface area contributed by atoms with E-state index >= 15 is 0 Å². The van der Waals surface area contributed by atoms with Crippen LogP contribution in [0.1, 0.15) is 35.4 Å². The smallest absolute Gasteiger partial charge is 0.326 e. The number of carboxylic acid groups (broad SMARTS) is 1. The Bertz CT molecular complexity index is 1150. The fourth-order valence-corrected chi connectivity index (χ4v) is 4.39. The van der Waals surface area contributed by atoms with E-state index in [1.54, 1.807) is 4.90 Å². The van der Waals surface area contributed by atoms with Gasteiger partial charge in [0, 0.05) is 32.0 Å². The van der Waals surface area contributed by atoms with Crippen LogP contribution in [0.5, 0.6) is 0 Å². The number of aliphatic carboxylic acids is 1. The second-order valence-corrected chi connectivity index (χ2v) is 8.61. The highest BCUT2D eigenvalue weighted by Gasteiger charge is 2.33. The Balaban J connectivity index is 1.64. The molecule has 1 aliphatic rings. The normalized spacial score (nSPS) is 16.7. The van der Waals surface area contributed by atoms with Crippen molar-refractivity contribution in [2.24, 2.45) is 0 Å². The molecule has 4 rings (SSSR count). The van der Waals surface area contributed by atoms with Crippen molar-refractivity contribution >= 4 is 17.5 Å². The minimum absolute atomic E-state index is 0.0856. The molecule has 1 saturated carbocycles. The third kappa shape index (κ3) is 5.67. The van der Waals surface area contributed by atoms with E-state index in [1.165, 1.54) is 6.20 Å². The maximum absolute atomic E-state index is 13.1. The maximum Gasteiger partial charge on any atom is 0.326 e. The van der Waals surface area contributed by atoms with Gasteiger partial charge < -0.3 is 10.0 Å². The molecule has 5 heteroatoms. The summed E-state index contributed by atoms with van der Waals surface area (Å²) >= 11 is 0. The van der Waals surface area contributed by atoms with Gasteiger partial charge in [-0.05, 0) is 22.6 Å². The average Bonchev–Trinajstić information content (AvgIpc) is 2.85. The predicted octanol–water partition coefficient (Wildman–Crippen LogP) is 4.78. The first kappa shape index (κ1) is 23.2. The second kappa shape index (κ2) is 10.8. The summed E-state index contributed by atoms with van der Waals surface area (Å²) in [7, 11) is 0. The van der Waals surface area contributed by atoms with E-state index in [0.29, 0.717) is 0 Å². The number of nitrogens with zero attached hydrogens (tertiary/aromatic N) is 1. The Morgan fingerprint density at radius 2 is 1.32 bits per heavy atom. The number of Topliss-reactive ketones (excluding diaryl/α,β-unsaturated/α-hetero) is 2. The third-order valence-corrected chi connectivity index (χ3v) is 6.20. The zero-order valence-corrected chi connectivity index (χ0v) is 18.8. The van der Waals surface area contributed by atoms with Crippen molar-refractivity contribution in [3.63, 3.8) is 0 Å². The van der Waals surface area contributed by atoms with Gasteiger partial charge in [0.25, 0.3) is 0 Å². The van der Waals surface area contributed by atoms with Crippen molar-refractivity contribution in [1.29, 1.82) is 0 Å². The first-order valence-corrected chi connectivity index (χ1v) is 11.4. The van der Waals surface area contributed by atoms with E-state index in [0.717, 1.165) is 16.7 Å². The van der Waals surface area contributed by atoms with Crippen LogP contribution in [0.15, 0.2) is 103 Å². The molecule has 0 bridgehead atoms. The molecule has 5 nitrogen and oxygen atoms in total. The minimum Gasteiger partial charge on any atom is -0.480 e. The Hall–Kier alpha value is -3.99. The van der Waals surface area contributed by atoms with Crippen molar-refractivity contribution in [3.8, 4) is 0 Å². The molecule has 0 aromatic heterocycles. The Morgan fingerprint density at radius 1 is 0.824 bits per heavy atom. The van der Waals surface area contributed by atoms with E-state index in [2.05, 4.69) is 0 Å². The topological polar surface area (TPSA) is 74.7 Å². The zero-order chi connectivity index (χ0) is 23.9. The lowest BCUT2D eigenvalue weighted by Gasteiger charge is -2.30. The van der Waals surface area contributed by atoms with Gasteiger partial charge in [-0.3, -0.25) is 9.59 Å². The molecule has 0 aliphatic heterocycles. The quantitative estimate of drug-likeness (QED) is 0.392. The molecule has 0 saturated heterocycles. The summed E-state index contributed by atoms with van der Waals surface area (Å²) in [6.07, 6.45) is 2.21. The summed E-state index contributed by atoms with van der Waals surface area (Å²) in [5, 5.41) is 10.1. The van der Waals surface area contributed by atoms with Gasteiger partial charge in [0.1, 0.15) is 6.04 Å². The molecule has 0 amide bonds. The zero-order valence-electron chi connectivity index (χ0n) is 18.8. The number of benzene rings is 3. The molecule has 1 aliphatic carbocycles. The molecule has 1 fully saturated rings. The largest absolute Gasteiger partial charge is 0.480 e. The van der Waals surface area contributed by atoms with Gasteiger partial charge in [0.15, 0.2) is 11.6 Å². The highest BCUT2D eigenvalue weighted by molar-refractivity contribution is 6.22. The lowest BCUT2D eigenvalue weighted by molar-refractivity contribution is -0.142. The summed E-state index contributed by atoms with van der Waals surface area (Å²) in [5.41, 5.74) is 2.83. The van der Waals surface area contributed by atoms with Crippen LogP contribution < -0.4 is 0 Å². The molecule has 34 heavy (non-hydrogen) atoms. The van der Waals surface area contributed by atoms with Crippen molar-refractivity contribution in [1.82, 2.24) is 4.90 Å². The number of carbonyl (C=O) groups is 3. The van der Waals surface area contributed by atoms with Crippen LogP contribution in [0.4, 0.5) is 0 Å². The van der Waals surface area contributed by atoms with Crippen LogP contribution in [0, 0.1) is 0 Å². The molecule has 3 aromatic rings. The van der Waals surface area contributed by atoms with Crippen LogP contribution in [-0.4, -0.2) is 33.6 Å². The summed E-state index contributed by atoms with van der Waals surface area (Å²) < 4.78 is 0. The molecule has 0 radical (unpaired) electrons. The van der Waals surface area contributed by atoms with Gasteiger partial charge in [-0.2, -0.15) is 0 Å². The van der Waals surface area contributed by atoms with Crippen molar-refractivity contribution in [2.45, 2.75) is 37.8 Å². The molecule has 0 heterocycles. The van der Waals surface area contributed by atoms with Crippen LogP contribution >= 0.6 is 0 Å². The molecular weight excluding hydrogens is 426 g/mol. The lowest BCUT2D eigenvalue weighted by atomic mass is 9.80. The first-order chi connectivity index (χ1) is 16.5. The van der Waals surface area contributed by atoms with E-state index in [1.807, 2.05) is 91.0 Å². The lowest BCUT2D eigenvalue weighted by Crippen LogP contribution is -2.40. The molecule has 0 spiro atoms. The Labute approximate surface area is 199 Å². The molecule has 1 atom stereocenters. The van der Waals surface area contributed by atoms with Crippen molar-refractivity contribution < 1.29 is 19.5 Å². The molecular formula is C29H27NO4. The van der Waals surface area contributed by atoms with Crippen LogP contribution in [0.2, 0.25) is 0 Å². The third-order valence-electron chi connectivity index (χ3n) is 6.20. The summed E-state index contributed by atoms with van der Waals surface area (Å²) in [6, 6.07) is 27.5. The Morgan fingerprint density at radius 3 is 1.85 bits per heavy atom. The highest BCUT2D eigenvalue weighted by Crippen LogP contribution is 2.32. The maximum atomic E-state index is 13.1. The van der Waals surface area contributed by atoms with Crippen molar-refractivity contribution in [2.75, 3.05) is 0 Å². The number of rotatable bonds is 8. The van der Waals surface area contributed by atoms with E-state index < -0.39 is 12.0 Å². The van der Waals surface area contributed by atoms with Crippen LogP contribution in [0.3, 0.4) is 0 Å². The van der Waals surface area contributed by atoms with Gasteiger partial charge >= 0.3 is 5.97 Å². The molecule has 172 valence electrons. The molecule has 1 unspecified atom stereocenters. The molecule has 1 N–H and O–H groups in total. The number of carbonyl (C=O) groups excluding carboxylic acids is 2. The minimum atomic E-state index is -1.01. The summed E-state index contributed by atoms with van der Waals surface area (Å²) in [6.45, 7) is 0.275. The molecule has 3 aromatic carbocycles. The number of hydrogen-bond acceptors (Lipinski definition) is 4. The highest BCUT2D eigenvalue weighted by atomic mass is 16.4. The standard InChI is InChI=1S/C29H27NO4/c31-27-17-24(23-14-8-3-9-15-23)18-28(32)25(27)20-30(19-22-12-6-2-7-13-22)26(29(33)34)16-21-10-4-1-5-11-21/h1-15,20,24,26H,16-19H2,(H,33,34). The number of ketones is 2. The van der Waals surface area contributed by atoms with Crippen LogP contribution in [0.25, 0.3) is 0 Å².